The number of sulfone groups is 1. The monoisotopic (exact) mass is 318 g/mol. The molecule has 0 radical (unpaired) electrons. The van der Waals surface area contributed by atoms with Crippen LogP contribution >= 0.6 is 0 Å². The Hall–Kier alpha value is -1.54. The van der Waals surface area contributed by atoms with Crippen molar-refractivity contribution in [1.82, 2.24) is 5.32 Å². The van der Waals surface area contributed by atoms with Gasteiger partial charge in [-0.15, -0.1) is 0 Å². The van der Waals surface area contributed by atoms with Gasteiger partial charge in [0.05, 0.1) is 11.5 Å². The van der Waals surface area contributed by atoms with E-state index in [1.54, 1.807) is 0 Å². The van der Waals surface area contributed by atoms with E-state index < -0.39 is 33.1 Å². The molecule has 21 heavy (non-hydrogen) atoms. The van der Waals surface area contributed by atoms with Crippen molar-refractivity contribution >= 4 is 21.4 Å². The number of hydrogen-bond acceptors (Lipinski definition) is 4. The third-order valence-corrected chi connectivity index (χ3v) is 5.01. The average Bonchev–Trinajstić information content (AvgIpc) is 2.74. The van der Waals surface area contributed by atoms with Crippen LogP contribution in [0.5, 0.6) is 0 Å². The van der Waals surface area contributed by atoms with Crippen LogP contribution in [0.4, 0.5) is 14.5 Å². The molecule has 1 atom stereocenters. The van der Waals surface area contributed by atoms with E-state index in [-0.39, 0.29) is 30.5 Å². The van der Waals surface area contributed by atoms with Gasteiger partial charge in [0.2, 0.25) is 5.91 Å². The SMILES string of the molecule is O=C(CCNC1CCS(=O)(=O)C1)Nc1c(F)cccc1F. The number of rotatable bonds is 5. The Balaban J connectivity index is 1.78. The smallest absolute Gasteiger partial charge is 0.225 e. The maximum atomic E-state index is 13.3. The zero-order valence-electron chi connectivity index (χ0n) is 11.2. The Bertz CT molecular complexity index is 614. The molecule has 0 aliphatic carbocycles. The molecule has 1 aliphatic heterocycles. The maximum absolute atomic E-state index is 13.3. The maximum Gasteiger partial charge on any atom is 0.225 e. The molecular weight excluding hydrogens is 302 g/mol. The third kappa shape index (κ3) is 4.47. The molecule has 1 heterocycles. The number of carbonyl (C=O) groups is 1. The molecule has 0 aromatic heterocycles. The van der Waals surface area contributed by atoms with Crippen LogP contribution in [0.3, 0.4) is 0 Å². The molecule has 1 saturated heterocycles. The minimum atomic E-state index is -2.97. The molecule has 2 N–H and O–H groups in total. The largest absolute Gasteiger partial charge is 0.321 e. The minimum Gasteiger partial charge on any atom is -0.321 e. The molecule has 116 valence electrons. The summed E-state index contributed by atoms with van der Waals surface area (Å²) >= 11 is 0. The van der Waals surface area contributed by atoms with Crippen molar-refractivity contribution in [2.24, 2.45) is 0 Å². The van der Waals surface area contributed by atoms with Crippen LogP contribution in [-0.2, 0) is 14.6 Å². The van der Waals surface area contributed by atoms with Crippen LogP contribution in [0.25, 0.3) is 0 Å². The van der Waals surface area contributed by atoms with Crippen molar-refractivity contribution in [3.63, 3.8) is 0 Å². The second kappa shape index (κ2) is 6.48. The summed E-state index contributed by atoms with van der Waals surface area (Å²) in [5.41, 5.74) is -0.467. The predicted octanol–water partition coefficient (Wildman–Crippen LogP) is 1.07. The van der Waals surface area contributed by atoms with E-state index >= 15 is 0 Å². The van der Waals surface area contributed by atoms with Crippen molar-refractivity contribution in [2.75, 3.05) is 23.4 Å². The van der Waals surface area contributed by atoms with Crippen molar-refractivity contribution in [3.8, 4) is 0 Å². The molecule has 1 fully saturated rings. The number of hydrogen-bond donors (Lipinski definition) is 2. The number of anilines is 1. The summed E-state index contributed by atoms with van der Waals surface area (Å²) in [7, 11) is -2.97. The Morgan fingerprint density at radius 1 is 1.29 bits per heavy atom. The van der Waals surface area contributed by atoms with Gasteiger partial charge < -0.3 is 10.6 Å². The van der Waals surface area contributed by atoms with Crippen LogP contribution in [0, 0.1) is 11.6 Å². The normalized spacial score (nSPS) is 20.4. The van der Waals surface area contributed by atoms with Gasteiger partial charge in [0.15, 0.2) is 9.84 Å². The fraction of sp³-hybridized carbons (Fsp3) is 0.462. The Labute approximate surface area is 121 Å². The fourth-order valence-electron chi connectivity index (χ4n) is 2.16. The quantitative estimate of drug-likeness (QED) is 0.851. The average molecular weight is 318 g/mol. The lowest BCUT2D eigenvalue weighted by atomic mass is 10.2. The number of para-hydroxylation sites is 1. The van der Waals surface area contributed by atoms with E-state index in [1.165, 1.54) is 6.07 Å². The molecule has 0 spiro atoms. The van der Waals surface area contributed by atoms with Gasteiger partial charge in [-0.2, -0.15) is 0 Å². The second-order valence-electron chi connectivity index (χ2n) is 4.95. The van der Waals surface area contributed by atoms with E-state index in [2.05, 4.69) is 10.6 Å². The molecule has 0 saturated carbocycles. The van der Waals surface area contributed by atoms with Gasteiger partial charge in [-0.3, -0.25) is 4.79 Å². The Morgan fingerprint density at radius 3 is 2.52 bits per heavy atom. The summed E-state index contributed by atoms with van der Waals surface area (Å²) in [4.78, 5) is 11.6. The molecule has 1 aromatic carbocycles. The summed E-state index contributed by atoms with van der Waals surface area (Å²) in [6.45, 7) is 0.252. The first-order valence-electron chi connectivity index (χ1n) is 6.55. The molecule has 1 amide bonds. The lowest BCUT2D eigenvalue weighted by Crippen LogP contribution is -2.32. The first-order valence-corrected chi connectivity index (χ1v) is 8.37. The highest BCUT2D eigenvalue weighted by atomic mass is 32.2. The van der Waals surface area contributed by atoms with Gasteiger partial charge in [-0.05, 0) is 18.6 Å². The molecule has 8 heteroatoms. The van der Waals surface area contributed by atoms with Gasteiger partial charge in [0, 0.05) is 19.0 Å². The summed E-state index contributed by atoms with van der Waals surface area (Å²) in [6.07, 6.45) is 0.524. The zero-order valence-corrected chi connectivity index (χ0v) is 12.1. The zero-order chi connectivity index (χ0) is 15.5. The van der Waals surface area contributed by atoms with Crippen molar-refractivity contribution < 1.29 is 22.0 Å². The van der Waals surface area contributed by atoms with Crippen LogP contribution in [0.15, 0.2) is 18.2 Å². The van der Waals surface area contributed by atoms with Gasteiger partial charge in [0.25, 0.3) is 0 Å². The van der Waals surface area contributed by atoms with Crippen molar-refractivity contribution in [1.29, 1.82) is 0 Å². The minimum absolute atomic E-state index is 0.00429. The van der Waals surface area contributed by atoms with E-state index in [1.807, 2.05) is 0 Å². The topological polar surface area (TPSA) is 75.3 Å². The first-order chi connectivity index (χ1) is 9.87. The number of carbonyl (C=O) groups excluding carboxylic acids is 1. The summed E-state index contributed by atoms with van der Waals surface area (Å²) in [5, 5.41) is 5.13. The van der Waals surface area contributed by atoms with Gasteiger partial charge in [-0.1, -0.05) is 6.07 Å². The lowest BCUT2D eigenvalue weighted by Gasteiger charge is -2.11. The third-order valence-electron chi connectivity index (χ3n) is 3.24. The van der Waals surface area contributed by atoms with Crippen LogP contribution in [0.2, 0.25) is 0 Å². The summed E-state index contributed by atoms with van der Waals surface area (Å²) in [5.74, 6) is -1.99. The molecular formula is C13H16F2N2O3S. The second-order valence-corrected chi connectivity index (χ2v) is 7.18. The van der Waals surface area contributed by atoms with Crippen LogP contribution in [0.1, 0.15) is 12.8 Å². The highest BCUT2D eigenvalue weighted by Crippen LogP contribution is 2.18. The number of halogens is 2. The number of benzene rings is 1. The van der Waals surface area contributed by atoms with E-state index in [0.29, 0.717) is 6.42 Å². The Kier molecular flexibility index (Phi) is 4.89. The molecule has 2 rings (SSSR count). The molecule has 1 aliphatic rings. The first kappa shape index (κ1) is 15.8. The van der Waals surface area contributed by atoms with Gasteiger partial charge >= 0.3 is 0 Å². The van der Waals surface area contributed by atoms with Gasteiger partial charge in [-0.25, -0.2) is 17.2 Å². The molecule has 1 unspecified atom stereocenters. The molecule has 0 bridgehead atoms. The van der Waals surface area contributed by atoms with E-state index in [4.69, 9.17) is 0 Å². The predicted molar refractivity (Wildman–Crippen MR) is 74.7 cm³/mol. The van der Waals surface area contributed by atoms with E-state index in [9.17, 15) is 22.0 Å². The number of nitrogens with one attached hydrogen (secondary N) is 2. The van der Waals surface area contributed by atoms with Crippen LogP contribution < -0.4 is 10.6 Å². The van der Waals surface area contributed by atoms with Crippen molar-refractivity contribution in [3.05, 3.63) is 29.8 Å². The number of amides is 1. The highest BCUT2D eigenvalue weighted by molar-refractivity contribution is 7.91. The fourth-order valence-corrected chi connectivity index (χ4v) is 3.87. The molecule has 5 nitrogen and oxygen atoms in total. The van der Waals surface area contributed by atoms with E-state index in [0.717, 1.165) is 12.1 Å². The standard InChI is InChI=1S/C13H16F2N2O3S/c14-10-2-1-3-11(15)13(10)17-12(18)4-6-16-9-5-7-21(19,20)8-9/h1-3,9,16H,4-8H2,(H,17,18). The Morgan fingerprint density at radius 2 is 1.95 bits per heavy atom. The molecule has 1 aromatic rings. The summed E-state index contributed by atoms with van der Waals surface area (Å²) in [6, 6.07) is 3.16. The van der Waals surface area contributed by atoms with Gasteiger partial charge in [0.1, 0.15) is 17.3 Å². The van der Waals surface area contributed by atoms with Crippen LogP contribution in [-0.4, -0.2) is 38.4 Å². The van der Waals surface area contributed by atoms with Crippen molar-refractivity contribution in [2.45, 2.75) is 18.9 Å². The lowest BCUT2D eigenvalue weighted by molar-refractivity contribution is -0.116. The highest BCUT2D eigenvalue weighted by Gasteiger charge is 2.27. The summed E-state index contributed by atoms with van der Waals surface area (Å²) < 4.78 is 49.2.